The van der Waals surface area contributed by atoms with Gasteiger partial charge >= 0.3 is 0 Å². The van der Waals surface area contributed by atoms with E-state index in [2.05, 4.69) is 0 Å². The highest BCUT2D eigenvalue weighted by molar-refractivity contribution is 6.31. The van der Waals surface area contributed by atoms with Crippen molar-refractivity contribution in [2.24, 2.45) is 0 Å². The summed E-state index contributed by atoms with van der Waals surface area (Å²) in [6.45, 7) is 5.95. The van der Waals surface area contributed by atoms with Gasteiger partial charge in [0.1, 0.15) is 0 Å². The van der Waals surface area contributed by atoms with Crippen LogP contribution in [0.3, 0.4) is 0 Å². The van der Waals surface area contributed by atoms with Crippen LogP contribution in [0.15, 0.2) is 54.7 Å². The number of hydrogen-bond donors (Lipinski definition) is 0. The maximum atomic E-state index is 13.3. The highest BCUT2D eigenvalue weighted by Crippen LogP contribution is 2.27. The molecular formula is C21H21ClN2O2. The lowest BCUT2D eigenvalue weighted by molar-refractivity contribution is 0.0692. The maximum Gasteiger partial charge on any atom is 0.256 e. The van der Waals surface area contributed by atoms with Gasteiger partial charge in [-0.1, -0.05) is 41.9 Å². The van der Waals surface area contributed by atoms with Crippen LogP contribution in [0.5, 0.6) is 0 Å². The standard InChI is InChI=1S/C21H21ClN2O2/c1-14(2)23(12-16-7-5-4-6-8-16)21(26)19-13-24(15(3)25)20-10-9-17(22)11-18(19)20/h4-11,13-14H,12H2,1-3H3. The van der Waals surface area contributed by atoms with Crippen LogP contribution in [0.4, 0.5) is 0 Å². The van der Waals surface area contributed by atoms with Crippen LogP contribution in [0.25, 0.3) is 10.9 Å². The molecule has 1 aromatic heterocycles. The van der Waals surface area contributed by atoms with Crippen molar-refractivity contribution in [3.05, 3.63) is 70.9 Å². The van der Waals surface area contributed by atoms with E-state index < -0.39 is 0 Å². The monoisotopic (exact) mass is 368 g/mol. The fourth-order valence-electron chi connectivity index (χ4n) is 3.06. The molecule has 0 aliphatic heterocycles. The van der Waals surface area contributed by atoms with Crippen molar-refractivity contribution in [1.82, 2.24) is 9.47 Å². The maximum absolute atomic E-state index is 13.3. The summed E-state index contributed by atoms with van der Waals surface area (Å²) in [5, 5.41) is 1.23. The van der Waals surface area contributed by atoms with E-state index >= 15 is 0 Å². The van der Waals surface area contributed by atoms with Crippen molar-refractivity contribution in [2.45, 2.75) is 33.4 Å². The smallest absolute Gasteiger partial charge is 0.256 e. The Morgan fingerprint density at radius 3 is 2.42 bits per heavy atom. The number of nitrogens with zero attached hydrogens (tertiary/aromatic N) is 2. The highest BCUT2D eigenvalue weighted by Gasteiger charge is 2.24. The molecule has 0 bridgehead atoms. The summed E-state index contributed by atoms with van der Waals surface area (Å²) in [6, 6.07) is 15.1. The topological polar surface area (TPSA) is 42.3 Å². The van der Waals surface area contributed by atoms with Crippen molar-refractivity contribution >= 4 is 34.3 Å². The number of carbonyl (C=O) groups is 2. The highest BCUT2D eigenvalue weighted by atomic mass is 35.5. The summed E-state index contributed by atoms with van der Waals surface area (Å²) in [5.74, 6) is -0.258. The number of rotatable bonds is 4. The van der Waals surface area contributed by atoms with Gasteiger partial charge < -0.3 is 4.90 Å². The van der Waals surface area contributed by atoms with Crippen molar-refractivity contribution in [3.63, 3.8) is 0 Å². The molecule has 0 saturated carbocycles. The molecule has 2 aromatic carbocycles. The number of amides is 1. The zero-order valence-electron chi connectivity index (χ0n) is 15.1. The van der Waals surface area contributed by atoms with Crippen LogP contribution < -0.4 is 0 Å². The Kier molecular flexibility index (Phi) is 5.14. The zero-order chi connectivity index (χ0) is 18.8. The third kappa shape index (κ3) is 3.51. The second-order valence-electron chi connectivity index (χ2n) is 6.61. The number of carbonyl (C=O) groups excluding carboxylic acids is 2. The van der Waals surface area contributed by atoms with Crippen molar-refractivity contribution in [2.75, 3.05) is 0 Å². The molecule has 0 spiro atoms. The summed E-state index contributed by atoms with van der Waals surface area (Å²) >= 11 is 6.14. The van der Waals surface area contributed by atoms with E-state index in [9.17, 15) is 9.59 Å². The molecule has 1 heterocycles. The second-order valence-corrected chi connectivity index (χ2v) is 7.04. The molecule has 134 valence electrons. The number of hydrogen-bond acceptors (Lipinski definition) is 2. The molecule has 0 unspecified atom stereocenters. The molecule has 4 nitrogen and oxygen atoms in total. The van der Waals surface area contributed by atoms with Crippen LogP contribution in [0.1, 0.15) is 41.5 Å². The fraction of sp³-hybridized carbons (Fsp3) is 0.238. The third-order valence-corrected chi connectivity index (χ3v) is 4.65. The van der Waals surface area contributed by atoms with E-state index in [0.717, 1.165) is 5.56 Å². The molecule has 0 atom stereocenters. The Labute approximate surface area is 158 Å². The summed E-state index contributed by atoms with van der Waals surface area (Å²) in [7, 11) is 0. The van der Waals surface area contributed by atoms with Crippen LogP contribution >= 0.6 is 11.6 Å². The summed E-state index contributed by atoms with van der Waals surface area (Å²) < 4.78 is 1.50. The van der Waals surface area contributed by atoms with Crippen molar-refractivity contribution < 1.29 is 9.59 Å². The number of aromatic nitrogens is 1. The Balaban J connectivity index is 2.07. The minimum Gasteiger partial charge on any atom is -0.332 e. The average molecular weight is 369 g/mol. The van der Waals surface area contributed by atoms with Gasteiger partial charge in [-0.05, 0) is 37.6 Å². The van der Waals surface area contributed by atoms with Crippen LogP contribution in [-0.2, 0) is 6.54 Å². The molecule has 0 fully saturated rings. The molecule has 0 aliphatic carbocycles. The first-order valence-electron chi connectivity index (χ1n) is 8.55. The molecule has 0 aliphatic rings. The van der Waals surface area contributed by atoms with Gasteiger partial charge in [-0.2, -0.15) is 0 Å². The molecule has 3 rings (SSSR count). The molecule has 0 N–H and O–H groups in total. The lowest BCUT2D eigenvalue weighted by Crippen LogP contribution is -2.36. The van der Waals surface area contributed by atoms with Crippen LogP contribution in [-0.4, -0.2) is 27.3 Å². The van der Waals surface area contributed by atoms with Gasteiger partial charge in [-0.25, -0.2) is 0 Å². The summed E-state index contributed by atoms with van der Waals surface area (Å²) in [4.78, 5) is 27.1. The minimum atomic E-state index is -0.143. The lowest BCUT2D eigenvalue weighted by atomic mass is 10.1. The predicted octanol–water partition coefficient (Wildman–Crippen LogP) is 5.01. The van der Waals surface area contributed by atoms with Gasteiger partial charge in [0.2, 0.25) is 5.91 Å². The van der Waals surface area contributed by atoms with E-state index in [4.69, 9.17) is 11.6 Å². The Bertz CT molecular complexity index is 961. The van der Waals surface area contributed by atoms with Crippen LogP contribution in [0.2, 0.25) is 5.02 Å². The first-order valence-corrected chi connectivity index (χ1v) is 8.92. The third-order valence-electron chi connectivity index (χ3n) is 4.42. The largest absolute Gasteiger partial charge is 0.332 e. The zero-order valence-corrected chi connectivity index (χ0v) is 15.8. The summed E-state index contributed by atoms with van der Waals surface area (Å²) in [5.41, 5.74) is 2.24. The normalized spacial score (nSPS) is 11.1. The first kappa shape index (κ1) is 18.2. The fourth-order valence-corrected chi connectivity index (χ4v) is 3.23. The molecule has 0 saturated heterocycles. The number of halogens is 1. The number of fused-ring (bicyclic) bond motifs is 1. The lowest BCUT2D eigenvalue weighted by Gasteiger charge is -2.27. The van der Waals surface area contributed by atoms with E-state index in [0.29, 0.717) is 28.0 Å². The summed E-state index contributed by atoms with van der Waals surface area (Å²) in [6.07, 6.45) is 1.62. The Morgan fingerprint density at radius 1 is 1.12 bits per heavy atom. The average Bonchev–Trinajstić information content (AvgIpc) is 2.98. The van der Waals surface area contributed by atoms with Gasteiger partial charge in [0.15, 0.2) is 0 Å². The van der Waals surface area contributed by atoms with Crippen LogP contribution in [0, 0.1) is 0 Å². The Morgan fingerprint density at radius 2 is 1.81 bits per heavy atom. The number of benzene rings is 2. The predicted molar refractivity (Wildman–Crippen MR) is 105 cm³/mol. The van der Waals surface area contributed by atoms with Gasteiger partial charge in [0.25, 0.3) is 5.91 Å². The SMILES string of the molecule is CC(=O)n1cc(C(=O)N(Cc2ccccc2)C(C)C)c2cc(Cl)ccc21. The van der Waals surface area contributed by atoms with Gasteiger partial charge in [-0.15, -0.1) is 0 Å². The molecular weight excluding hydrogens is 348 g/mol. The molecule has 5 heteroatoms. The second kappa shape index (κ2) is 7.34. The van der Waals surface area contributed by atoms with E-state index in [1.165, 1.54) is 11.5 Å². The molecule has 26 heavy (non-hydrogen) atoms. The van der Waals surface area contributed by atoms with E-state index in [1.54, 1.807) is 29.3 Å². The van der Waals surface area contributed by atoms with E-state index in [-0.39, 0.29) is 17.9 Å². The van der Waals surface area contributed by atoms with Crippen molar-refractivity contribution in [3.8, 4) is 0 Å². The first-order chi connectivity index (χ1) is 12.4. The van der Waals surface area contributed by atoms with Crippen molar-refractivity contribution in [1.29, 1.82) is 0 Å². The molecule has 3 aromatic rings. The quantitative estimate of drug-likeness (QED) is 0.649. The van der Waals surface area contributed by atoms with E-state index in [1.807, 2.05) is 44.2 Å². The Hall–Kier alpha value is -2.59. The minimum absolute atomic E-state index is 0.0117. The molecule has 0 radical (unpaired) electrons. The van der Waals surface area contributed by atoms with Gasteiger partial charge in [0.05, 0.1) is 11.1 Å². The molecule has 1 amide bonds. The van der Waals surface area contributed by atoms with Gasteiger partial charge in [-0.3, -0.25) is 14.2 Å². The van der Waals surface area contributed by atoms with Gasteiger partial charge in [0, 0.05) is 36.1 Å².